The number of nitrogens with zero attached hydrogens (tertiary/aromatic N) is 2. The predicted molar refractivity (Wildman–Crippen MR) is 64.8 cm³/mol. The van der Waals surface area contributed by atoms with E-state index in [1.165, 1.54) is 6.92 Å². The zero-order chi connectivity index (χ0) is 12.4. The highest BCUT2D eigenvalue weighted by molar-refractivity contribution is 5.93. The smallest absolute Gasteiger partial charge is 0.162 e. The molecule has 1 rings (SSSR count). The van der Waals surface area contributed by atoms with E-state index in [1.54, 1.807) is 17.1 Å². The summed E-state index contributed by atoms with van der Waals surface area (Å²) >= 11 is 0. The van der Waals surface area contributed by atoms with Crippen molar-refractivity contribution in [2.24, 2.45) is 5.73 Å². The zero-order valence-corrected chi connectivity index (χ0v) is 10.2. The van der Waals surface area contributed by atoms with Gasteiger partial charge >= 0.3 is 0 Å². The van der Waals surface area contributed by atoms with E-state index in [2.05, 4.69) is 17.1 Å². The summed E-state index contributed by atoms with van der Waals surface area (Å²) < 4.78 is 1.74. The van der Waals surface area contributed by atoms with Crippen LogP contribution in [-0.4, -0.2) is 15.6 Å². The van der Waals surface area contributed by atoms with Gasteiger partial charge in [0.1, 0.15) is 0 Å². The first-order valence-electron chi connectivity index (χ1n) is 5.46. The summed E-state index contributed by atoms with van der Waals surface area (Å²) in [7, 11) is 0. The number of rotatable bonds is 4. The van der Waals surface area contributed by atoms with Crippen molar-refractivity contribution in [1.29, 1.82) is 0 Å². The molecule has 0 saturated heterocycles. The maximum absolute atomic E-state index is 10.9. The fourth-order valence-corrected chi connectivity index (χ4v) is 1.07. The highest BCUT2D eigenvalue weighted by atomic mass is 16.1. The first-order chi connectivity index (χ1) is 7.74. The lowest BCUT2D eigenvalue weighted by Gasteiger charge is -1.96. The Hall–Kier alpha value is -1.76. The molecule has 0 unspecified atom stereocenters. The Kier molecular flexibility index (Phi) is 7.60. The van der Waals surface area contributed by atoms with Gasteiger partial charge in [-0.15, -0.1) is 0 Å². The molecule has 0 saturated carbocycles. The fraction of sp³-hybridized carbons (Fsp3) is 0.500. The van der Waals surface area contributed by atoms with Crippen molar-refractivity contribution >= 4 is 5.78 Å². The molecule has 0 bridgehead atoms. The fourth-order valence-electron chi connectivity index (χ4n) is 1.07. The van der Waals surface area contributed by atoms with Crippen molar-refractivity contribution < 1.29 is 4.79 Å². The van der Waals surface area contributed by atoms with E-state index in [1.807, 2.05) is 13.8 Å². The van der Waals surface area contributed by atoms with Gasteiger partial charge in [0.25, 0.3) is 0 Å². The van der Waals surface area contributed by atoms with Crippen molar-refractivity contribution in [2.75, 3.05) is 0 Å². The standard InChI is InChI=1S/C10H13N3O.C2H6/c1-9(14)10-7-12-13(8-10)6-4-2-3-5-11;1-2/h7-8H,2,4,6,11H2,1H3;1-2H3. The highest BCUT2D eigenvalue weighted by Crippen LogP contribution is 2.00. The van der Waals surface area contributed by atoms with Crippen LogP contribution < -0.4 is 5.73 Å². The summed E-state index contributed by atoms with van der Waals surface area (Å²) in [6.07, 6.45) is 4.98. The number of carbonyl (C=O) groups excluding carboxylic acids is 1. The van der Waals surface area contributed by atoms with Crippen molar-refractivity contribution in [3.63, 3.8) is 0 Å². The Morgan fingerprint density at radius 1 is 1.56 bits per heavy atom. The summed E-state index contributed by atoms with van der Waals surface area (Å²) in [5.41, 5.74) is 5.67. The van der Waals surface area contributed by atoms with E-state index in [-0.39, 0.29) is 5.78 Å². The van der Waals surface area contributed by atoms with Crippen LogP contribution in [0.3, 0.4) is 0 Å². The minimum absolute atomic E-state index is 0.0398. The van der Waals surface area contributed by atoms with E-state index >= 15 is 0 Å². The molecule has 1 heterocycles. The summed E-state index contributed by atoms with van der Waals surface area (Å²) in [5, 5.41) is 4.05. The highest BCUT2D eigenvalue weighted by Gasteiger charge is 2.01. The van der Waals surface area contributed by atoms with Gasteiger partial charge in [0.05, 0.1) is 11.8 Å². The topological polar surface area (TPSA) is 60.9 Å². The van der Waals surface area contributed by atoms with E-state index in [4.69, 9.17) is 5.73 Å². The van der Waals surface area contributed by atoms with Crippen LogP contribution in [0.4, 0.5) is 0 Å². The van der Waals surface area contributed by atoms with Crippen molar-refractivity contribution in [3.05, 3.63) is 18.0 Å². The quantitative estimate of drug-likeness (QED) is 0.365. The van der Waals surface area contributed by atoms with Gasteiger partial charge in [-0.05, 0) is 13.3 Å². The Labute approximate surface area is 96.8 Å². The predicted octanol–water partition coefficient (Wildman–Crippen LogP) is 1.81. The van der Waals surface area contributed by atoms with Crippen LogP contribution in [0.15, 0.2) is 12.4 Å². The van der Waals surface area contributed by atoms with Gasteiger partial charge in [-0.2, -0.15) is 5.10 Å². The first-order valence-corrected chi connectivity index (χ1v) is 5.46. The van der Waals surface area contributed by atoms with Gasteiger partial charge in [-0.25, -0.2) is 0 Å². The Bertz CT molecular complexity index is 371. The molecule has 0 aliphatic rings. The molecule has 4 nitrogen and oxygen atoms in total. The maximum Gasteiger partial charge on any atom is 0.162 e. The van der Waals surface area contributed by atoms with Gasteiger partial charge in [-0.3, -0.25) is 9.48 Å². The molecular formula is C12H19N3O. The molecule has 0 atom stereocenters. The molecule has 0 amide bonds. The molecule has 1 aromatic rings. The lowest BCUT2D eigenvalue weighted by molar-refractivity contribution is 0.101. The molecule has 0 aliphatic heterocycles. The lowest BCUT2D eigenvalue weighted by atomic mass is 10.3. The second kappa shape index (κ2) is 8.54. The molecule has 0 spiro atoms. The molecule has 0 fully saturated rings. The third kappa shape index (κ3) is 5.20. The van der Waals surface area contributed by atoms with E-state index in [0.29, 0.717) is 5.56 Å². The average Bonchev–Trinajstić information content (AvgIpc) is 2.76. The minimum atomic E-state index is 0.0398. The van der Waals surface area contributed by atoms with Crippen LogP contribution >= 0.6 is 0 Å². The largest absolute Gasteiger partial charge is 0.359 e. The molecule has 2 N–H and O–H groups in total. The molecule has 1 aromatic heterocycles. The van der Waals surface area contributed by atoms with Crippen LogP contribution in [0, 0.1) is 12.0 Å². The molecular weight excluding hydrogens is 202 g/mol. The van der Waals surface area contributed by atoms with Crippen LogP contribution in [0.2, 0.25) is 0 Å². The number of ketones is 1. The van der Waals surface area contributed by atoms with Gasteiger partial charge in [0.15, 0.2) is 5.78 Å². The summed E-state index contributed by atoms with van der Waals surface area (Å²) in [6.45, 7) is 6.29. The number of nitrogens with two attached hydrogens (primary N) is 1. The second-order valence-electron chi connectivity index (χ2n) is 2.97. The van der Waals surface area contributed by atoms with E-state index in [9.17, 15) is 4.79 Å². The van der Waals surface area contributed by atoms with Gasteiger partial charge < -0.3 is 5.73 Å². The summed E-state index contributed by atoms with van der Waals surface area (Å²) in [5.74, 6) is 2.81. The molecule has 4 heteroatoms. The monoisotopic (exact) mass is 221 g/mol. The number of aryl methyl sites for hydroxylation is 1. The number of unbranched alkanes of at least 4 members (excludes halogenated alkanes) is 1. The number of hydrogen-bond donors (Lipinski definition) is 1. The molecule has 0 aliphatic carbocycles. The Morgan fingerprint density at radius 2 is 2.25 bits per heavy atom. The van der Waals surface area contributed by atoms with E-state index in [0.717, 1.165) is 19.4 Å². The lowest BCUT2D eigenvalue weighted by Crippen LogP contribution is -1.98. The number of hydrogen-bond acceptors (Lipinski definition) is 3. The second-order valence-corrected chi connectivity index (χ2v) is 2.97. The van der Waals surface area contributed by atoms with Crippen LogP contribution in [0.5, 0.6) is 0 Å². The van der Waals surface area contributed by atoms with Crippen molar-refractivity contribution in [3.8, 4) is 12.0 Å². The Morgan fingerprint density at radius 3 is 2.75 bits per heavy atom. The Balaban J connectivity index is 0.00000106. The summed E-state index contributed by atoms with van der Waals surface area (Å²) in [6, 6.07) is 2.34. The summed E-state index contributed by atoms with van der Waals surface area (Å²) in [4.78, 5) is 10.9. The average molecular weight is 221 g/mol. The number of carbonyl (C=O) groups is 1. The van der Waals surface area contributed by atoms with Crippen LogP contribution in [0.1, 0.15) is 44.0 Å². The maximum atomic E-state index is 10.9. The molecule has 0 aromatic carbocycles. The number of Topliss-reactive ketones (excluding diaryl/α,β-unsaturated/α-hetero) is 1. The first kappa shape index (κ1) is 14.2. The van der Waals surface area contributed by atoms with Crippen molar-refractivity contribution in [2.45, 2.75) is 40.2 Å². The molecule has 16 heavy (non-hydrogen) atoms. The van der Waals surface area contributed by atoms with Crippen molar-refractivity contribution in [1.82, 2.24) is 9.78 Å². The van der Waals surface area contributed by atoms with E-state index < -0.39 is 0 Å². The van der Waals surface area contributed by atoms with Gasteiger partial charge in [-0.1, -0.05) is 19.8 Å². The SMILES string of the molecule is CC.CC(=O)c1cnn(CCCC#CN)c1. The molecule has 88 valence electrons. The zero-order valence-electron chi connectivity index (χ0n) is 10.2. The van der Waals surface area contributed by atoms with Gasteiger partial charge in [0, 0.05) is 25.2 Å². The third-order valence-electron chi connectivity index (χ3n) is 1.83. The van der Waals surface area contributed by atoms with Crippen LogP contribution in [-0.2, 0) is 6.54 Å². The molecule has 0 radical (unpaired) electrons. The third-order valence-corrected chi connectivity index (χ3v) is 1.83. The number of aromatic nitrogens is 2. The minimum Gasteiger partial charge on any atom is -0.359 e. The van der Waals surface area contributed by atoms with Gasteiger partial charge in [0.2, 0.25) is 0 Å². The normalized spacial score (nSPS) is 8.44. The van der Waals surface area contributed by atoms with Crippen LogP contribution in [0.25, 0.3) is 0 Å².